The van der Waals surface area contributed by atoms with Gasteiger partial charge in [-0.2, -0.15) is 11.8 Å². The zero-order valence-electron chi connectivity index (χ0n) is 27.0. The van der Waals surface area contributed by atoms with Gasteiger partial charge >= 0.3 is 0 Å². The van der Waals surface area contributed by atoms with E-state index in [1.807, 2.05) is 7.05 Å². The first-order chi connectivity index (χ1) is 18.6. The molecule has 1 atom stereocenters. The summed E-state index contributed by atoms with van der Waals surface area (Å²) in [4.78, 5) is 7.74. The number of hydrogen-bond donors (Lipinski definition) is 0. The van der Waals surface area contributed by atoms with Gasteiger partial charge in [0.15, 0.2) is 0 Å². The van der Waals surface area contributed by atoms with Crippen LogP contribution in [0.4, 0.5) is 0 Å². The van der Waals surface area contributed by atoms with Crippen molar-refractivity contribution in [2.75, 3.05) is 31.6 Å². The predicted octanol–water partition coefficient (Wildman–Crippen LogP) is 9.96. The molecule has 1 saturated carbocycles. The van der Waals surface area contributed by atoms with Gasteiger partial charge in [-0.1, -0.05) is 65.3 Å². The average molecular weight is 551 g/mol. The summed E-state index contributed by atoms with van der Waals surface area (Å²) in [5.74, 6) is 4.78. The van der Waals surface area contributed by atoms with Gasteiger partial charge in [0.1, 0.15) is 0 Å². The second-order valence-electron chi connectivity index (χ2n) is 13.4. The van der Waals surface area contributed by atoms with Crippen LogP contribution in [0, 0.1) is 24.2 Å². The van der Waals surface area contributed by atoms with Crippen LogP contribution < -0.4 is 0 Å². The number of likely N-dealkylation sites (tertiary alicyclic amines) is 1. The fourth-order valence-corrected chi connectivity index (χ4v) is 7.59. The van der Waals surface area contributed by atoms with Crippen molar-refractivity contribution in [2.24, 2.45) is 22.2 Å². The van der Waals surface area contributed by atoms with E-state index in [2.05, 4.69) is 103 Å². The highest BCUT2D eigenvalue weighted by atomic mass is 32.2. The van der Waals surface area contributed by atoms with Crippen LogP contribution in [0.5, 0.6) is 0 Å². The summed E-state index contributed by atoms with van der Waals surface area (Å²) in [7, 11) is 2.02. The van der Waals surface area contributed by atoms with Gasteiger partial charge in [-0.05, 0) is 105 Å². The lowest BCUT2D eigenvalue weighted by molar-refractivity contribution is -0.0204. The van der Waals surface area contributed by atoms with Crippen molar-refractivity contribution in [3.63, 3.8) is 0 Å². The highest BCUT2D eigenvalue weighted by Gasteiger charge is 2.50. The van der Waals surface area contributed by atoms with Crippen LogP contribution in [-0.2, 0) is 0 Å². The van der Waals surface area contributed by atoms with E-state index in [4.69, 9.17) is 4.99 Å². The highest BCUT2D eigenvalue weighted by molar-refractivity contribution is 8.00. The second kappa shape index (κ2) is 14.5. The van der Waals surface area contributed by atoms with Gasteiger partial charge in [0, 0.05) is 54.7 Å². The summed E-state index contributed by atoms with van der Waals surface area (Å²) in [5.41, 5.74) is 10.5. The molecule has 3 aliphatic rings. The number of benzene rings is 1. The van der Waals surface area contributed by atoms with Crippen molar-refractivity contribution >= 4 is 23.0 Å². The Morgan fingerprint density at radius 2 is 1.67 bits per heavy atom. The van der Waals surface area contributed by atoms with Gasteiger partial charge in [-0.25, -0.2) is 0 Å². The van der Waals surface area contributed by atoms with Crippen LogP contribution in [0.2, 0.25) is 0 Å². The summed E-state index contributed by atoms with van der Waals surface area (Å²) in [6, 6.07) is 5.78. The van der Waals surface area contributed by atoms with Crippen molar-refractivity contribution in [3.8, 4) is 0 Å². The minimum atomic E-state index is 0.534. The van der Waals surface area contributed by atoms with Crippen molar-refractivity contribution in [1.82, 2.24) is 4.90 Å². The minimum Gasteiger partial charge on any atom is -0.299 e. The van der Waals surface area contributed by atoms with Crippen molar-refractivity contribution in [2.45, 2.75) is 113 Å². The molecular weight excluding hydrogens is 492 g/mol. The standard InChI is InChI=1S/C32H48N2S.C4H10/c1-8-22(4)15-25(10-3)30-16-24(6)29(17-28(30)23(5)9-2)31(33-7)26-11-13-27(14-12-26)34-18-32(19-34)20-35-21-32;1-4(2)3/h10,15-17,23,26-27H,8-9,11-14,18-21H2,1-7H3;4H,1-3H3/b22-15-,25-10+,33-31?;. The number of rotatable bonds is 8. The van der Waals surface area contributed by atoms with Crippen molar-refractivity contribution in [3.05, 3.63) is 52.1 Å². The minimum absolute atomic E-state index is 0.534. The third-order valence-corrected chi connectivity index (χ3v) is 10.8. The number of nitrogens with zero attached hydrogens (tertiary/aromatic N) is 2. The molecule has 1 aliphatic carbocycles. The summed E-state index contributed by atoms with van der Waals surface area (Å²) in [6.45, 7) is 22.9. The Bertz CT molecular complexity index is 1020. The Morgan fingerprint density at radius 3 is 2.13 bits per heavy atom. The Labute approximate surface area is 246 Å². The van der Waals surface area contributed by atoms with E-state index in [0.29, 0.717) is 17.3 Å². The van der Waals surface area contributed by atoms with Crippen LogP contribution >= 0.6 is 11.8 Å². The molecule has 2 aliphatic heterocycles. The summed E-state index contributed by atoms with van der Waals surface area (Å²) in [5, 5.41) is 0. The zero-order valence-corrected chi connectivity index (χ0v) is 27.8. The molecule has 39 heavy (non-hydrogen) atoms. The molecule has 2 saturated heterocycles. The highest BCUT2D eigenvalue weighted by Crippen LogP contribution is 2.47. The monoisotopic (exact) mass is 550 g/mol. The topological polar surface area (TPSA) is 15.6 Å². The molecule has 218 valence electrons. The van der Waals surface area contributed by atoms with E-state index < -0.39 is 0 Å². The molecule has 0 N–H and O–H groups in total. The third kappa shape index (κ3) is 7.91. The molecule has 1 spiro atoms. The van der Waals surface area contributed by atoms with Gasteiger partial charge in [-0.3, -0.25) is 9.89 Å². The molecule has 4 rings (SSSR count). The zero-order chi connectivity index (χ0) is 28.7. The number of aliphatic imine (C=N–C) groups is 1. The Kier molecular flexibility index (Phi) is 12.0. The van der Waals surface area contributed by atoms with Crippen LogP contribution in [0.25, 0.3) is 5.57 Å². The third-order valence-electron chi connectivity index (χ3n) is 9.13. The maximum atomic E-state index is 4.95. The van der Waals surface area contributed by atoms with Crippen molar-refractivity contribution < 1.29 is 0 Å². The summed E-state index contributed by atoms with van der Waals surface area (Å²) >= 11 is 2.14. The first-order valence-electron chi connectivity index (χ1n) is 15.8. The number of thioether (sulfide) groups is 1. The van der Waals surface area contributed by atoms with E-state index in [9.17, 15) is 0 Å². The van der Waals surface area contributed by atoms with Gasteiger partial charge < -0.3 is 0 Å². The number of aryl methyl sites for hydroxylation is 1. The average Bonchev–Trinajstić information content (AvgIpc) is 2.86. The molecule has 1 unspecified atom stereocenters. The Morgan fingerprint density at radius 1 is 1.05 bits per heavy atom. The van der Waals surface area contributed by atoms with E-state index in [0.717, 1.165) is 24.8 Å². The molecular formula is C36H58N2S. The molecule has 3 fully saturated rings. The Balaban J connectivity index is 0.000000983. The molecule has 3 heteroatoms. The van der Waals surface area contributed by atoms with Gasteiger partial charge in [0.05, 0.1) is 0 Å². The first kappa shape index (κ1) is 32.2. The number of hydrogen-bond acceptors (Lipinski definition) is 3. The maximum Gasteiger partial charge on any atom is 0.0450 e. The van der Waals surface area contributed by atoms with E-state index >= 15 is 0 Å². The maximum absolute atomic E-state index is 4.95. The molecule has 1 aromatic rings. The lowest BCUT2D eigenvalue weighted by Crippen LogP contribution is -2.65. The summed E-state index contributed by atoms with van der Waals surface area (Å²) in [6.07, 6.45) is 12.2. The largest absolute Gasteiger partial charge is 0.299 e. The molecule has 0 bridgehead atoms. The smallest absolute Gasteiger partial charge is 0.0450 e. The van der Waals surface area contributed by atoms with Crippen LogP contribution in [0.15, 0.2) is 34.9 Å². The lowest BCUT2D eigenvalue weighted by Gasteiger charge is -2.58. The van der Waals surface area contributed by atoms with E-state index in [1.165, 1.54) is 89.4 Å². The molecule has 1 aromatic carbocycles. The van der Waals surface area contributed by atoms with Crippen LogP contribution in [0.3, 0.4) is 0 Å². The predicted molar refractivity (Wildman–Crippen MR) is 178 cm³/mol. The quantitative estimate of drug-likeness (QED) is 0.236. The second-order valence-corrected chi connectivity index (χ2v) is 14.4. The van der Waals surface area contributed by atoms with Crippen molar-refractivity contribution in [1.29, 1.82) is 0 Å². The fraction of sp³-hybridized carbons (Fsp3) is 0.694. The first-order valence-corrected chi connectivity index (χ1v) is 17.0. The molecule has 2 nitrogen and oxygen atoms in total. The van der Waals surface area contributed by atoms with Crippen LogP contribution in [-0.4, -0.2) is 48.3 Å². The van der Waals surface area contributed by atoms with Gasteiger partial charge in [0.25, 0.3) is 0 Å². The number of allylic oxidation sites excluding steroid dienone is 4. The molecule has 0 amide bonds. The van der Waals surface area contributed by atoms with Gasteiger partial charge in [-0.15, -0.1) is 0 Å². The normalized spacial score (nSPS) is 24.6. The summed E-state index contributed by atoms with van der Waals surface area (Å²) < 4.78 is 0. The fourth-order valence-electron chi connectivity index (χ4n) is 6.45. The molecule has 0 radical (unpaired) electrons. The lowest BCUT2D eigenvalue weighted by atomic mass is 9.75. The SMILES string of the molecule is C/C=C(\C=C(\C)CC)c1cc(C)c(C(=NC)C2CCC(N3CC4(CSC4)C3)CC2)cc1C(C)CC.CC(C)C. The van der Waals surface area contributed by atoms with E-state index in [-0.39, 0.29) is 0 Å². The van der Waals surface area contributed by atoms with Gasteiger partial charge in [0.2, 0.25) is 0 Å². The van der Waals surface area contributed by atoms with Crippen LogP contribution in [0.1, 0.15) is 122 Å². The molecule has 0 aromatic heterocycles. The molecule has 2 heterocycles. The Hall–Kier alpha value is -1.32. The van der Waals surface area contributed by atoms with E-state index in [1.54, 1.807) is 0 Å².